The van der Waals surface area contributed by atoms with Crippen molar-refractivity contribution in [3.05, 3.63) is 53.1 Å². The second-order valence-corrected chi connectivity index (χ2v) is 5.94. The number of hydrogen-bond donors (Lipinski definition) is 0. The molecule has 108 valence electrons. The molecular weight excluding hydrogens is 282 g/mol. The first kappa shape index (κ1) is 14.0. The number of nitrogens with zero attached hydrogens (tertiary/aromatic N) is 1. The van der Waals surface area contributed by atoms with Gasteiger partial charge in [-0.2, -0.15) is 0 Å². The van der Waals surface area contributed by atoms with E-state index in [9.17, 15) is 0 Å². The first-order chi connectivity index (χ1) is 10.2. The van der Waals surface area contributed by atoms with Gasteiger partial charge in [-0.1, -0.05) is 41.6 Å². The third-order valence-electron chi connectivity index (χ3n) is 3.46. The van der Waals surface area contributed by atoms with Gasteiger partial charge in [0.05, 0.1) is 20.8 Å². The van der Waals surface area contributed by atoms with Gasteiger partial charge in [-0.3, -0.25) is 4.99 Å². The second-order valence-electron chi connectivity index (χ2n) is 4.90. The molecule has 1 aliphatic rings. The van der Waals surface area contributed by atoms with Gasteiger partial charge in [-0.25, -0.2) is 0 Å². The summed E-state index contributed by atoms with van der Waals surface area (Å²) >= 11 is 1.68. The summed E-state index contributed by atoms with van der Waals surface area (Å²) in [6.45, 7) is 2.76. The van der Waals surface area contributed by atoms with Gasteiger partial charge >= 0.3 is 0 Å². The van der Waals surface area contributed by atoms with E-state index < -0.39 is 0 Å². The van der Waals surface area contributed by atoms with Crippen LogP contribution in [0.5, 0.6) is 11.5 Å². The van der Waals surface area contributed by atoms with Crippen molar-refractivity contribution < 1.29 is 9.47 Å². The summed E-state index contributed by atoms with van der Waals surface area (Å²) in [5.74, 6) is 1.51. The Labute approximate surface area is 129 Å². The zero-order valence-electron chi connectivity index (χ0n) is 12.3. The summed E-state index contributed by atoms with van der Waals surface area (Å²) in [6, 6.07) is 12.5. The molecule has 3 nitrogen and oxygen atoms in total. The summed E-state index contributed by atoms with van der Waals surface area (Å²) in [6.07, 6.45) is 0. The third kappa shape index (κ3) is 2.76. The molecule has 0 spiro atoms. The maximum absolute atomic E-state index is 5.38. The molecular formula is C17H17NO2S. The number of hydrogen-bond acceptors (Lipinski definition) is 4. The minimum Gasteiger partial charge on any atom is -0.493 e. The molecule has 0 aromatic heterocycles. The van der Waals surface area contributed by atoms with Gasteiger partial charge < -0.3 is 9.47 Å². The van der Waals surface area contributed by atoms with Crippen LogP contribution >= 0.6 is 11.8 Å². The summed E-state index contributed by atoms with van der Waals surface area (Å²) in [5, 5.41) is 1.05. The summed E-state index contributed by atoms with van der Waals surface area (Å²) in [5.41, 5.74) is 3.59. The largest absolute Gasteiger partial charge is 0.493 e. The van der Waals surface area contributed by atoms with E-state index in [2.05, 4.69) is 36.2 Å². The van der Waals surface area contributed by atoms with Crippen molar-refractivity contribution in [2.75, 3.05) is 14.2 Å². The van der Waals surface area contributed by atoms with Gasteiger partial charge in [0.25, 0.3) is 0 Å². The van der Waals surface area contributed by atoms with Crippen LogP contribution in [0.25, 0.3) is 0 Å². The Kier molecular flexibility index (Phi) is 3.88. The average molecular weight is 299 g/mol. The van der Waals surface area contributed by atoms with E-state index in [-0.39, 0.29) is 0 Å². The van der Waals surface area contributed by atoms with Crippen molar-refractivity contribution >= 4 is 16.8 Å². The molecule has 0 unspecified atom stereocenters. The Hall–Kier alpha value is -1.94. The minimum absolute atomic E-state index is 0.673. The number of rotatable bonds is 3. The predicted octanol–water partition coefficient (Wildman–Crippen LogP) is 4.06. The molecule has 4 heteroatoms. The van der Waals surface area contributed by atoms with E-state index in [0.29, 0.717) is 6.54 Å². The lowest BCUT2D eigenvalue weighted by atomic mass is 10.1. The lowest BCUT2D eigenvalue weighted by Gasteiger charge is -2.18. The van der Waals surface area contributed by atoms with Crippen molar-refractivity contribution in [2.24, 2.45) is 4.99 Å². The van der Waals surface area contributed by atoms with Crippen molar-refractivity contribution in [1.29, 1.82) is 0 Å². The van der Waals surface area contributed by atoms with Crippen molar-refractivity contribution in [1.82, 2.24) is 0 Å². The van der Waals surface area contributed by atoms with Crippen LogP contribution in [0.1, 0.15) is 16.7 Å². The molecule has 0 saturated carbocycles. The fourth-order valence-electron chi connectivity index (χ4n) is 2.26. The number of fused-ring (bicyclic) bond motifs is 1. The summed E-state index contributed by atoms with van der Waals surface area (Å²) in [7, 11) is 3.31. The van der Waals surface area contributed by atoms with Crippen LogP contribution in [0, 0.1) is 6.92 Å². The van der Waals surface area contributed by atoms with Crippen LogP contribution in [0.4, 0.5) is 0 Å². The molecule has 0 saturated heterocycles. The Morgan fingerprint density at radius 1 is 1.00 bits per heavy atom. The zero-order chi connectivity index (χ0) is 14.8. The molecule has 3 rings (SSSR count). The highest BCUT2D eigenvalue weighted by molar-refractivity contribution is 8.14. The summed E-state index contributed by atoms with van der Waals surface area (Å²) < 4.78 is 10.7. The third-order valence-corrected chi connectivity index (χ3v) is 4.62. The van der Waals surface area contributed by atoms with Crippen molar-refractivity contribution in [3.8, 4) is 11.5 Å². The highest BCUT2D eigenvalue weighted by Crippen LogP contribution is 2.39. The lowest BCUT2D eigenvalue weighted by Crippen LogP contribution is -2.05. The number of aryl methyl sites for hydroxylation is 1. The van der Waals surface area contributed by atoms with E-state index in [1.807, 2.05) is 12.1 Å². The van der Waals surface area contributed by atoms with Gasteiger partial charge in [-0.15, -0.1) is 0 Å². The number of methoxy groups -OCH3 is 2. The number of ether oxygens (including phenoxy) is 2. The van der Waals surface area contributed by atoms with Crippen molar-refractivity contribution in [3.63, 3.8) is 0 Å². The normalized spacial score (nSPS) is 13.4. The topological polar surface area (TPSA) is 30.8 Å². The number of benzene rings is 2. The van der Waals surface area contributed by atoms with Gasteiger partial charge in [0.1, 0.15) is 5.04 Å². The summed E-state index contributed by atoms with van der Waals surface area (Å²) in [4.78, 5) is 5.86. The first-order valence-electron chi connectivity index (χ1n) is 6.75. The van der Waals surface area contributed by atoms with Crippen LogP contribution in [0.2, 0.25) is 0 Å². The Bertz CT molecular complexity index is 693. The van der Waals surface area contributed by atoms with Gasteiger partial charge in [0, 0.05) is 10.5 Å². The number of aliphatic imine (C=N–C) groups is 1. The predicted molar refractivity (Wildman–Crippen MR) is 86.8 cm³/mol. The van der Waals surface area contributed by atoms with Gasteiger partial charge in [0.15, 0.2) is 11.5 Å². The highest BCUT2D eigenvalue weighted by atomic mass is 32.2. The molecule has 0 fully saturated rings. The van der Waals surface area contributed by atoms with E-state index in [4.69, 9.17) is 9.47 Å². The molecule has 2 aromatic carbocycles. The van der Waals surface area contributed by atoms with Crippen molar-refractivity contribution in [2.45, 2.75) is 18.4 Å². The quantitative estimate of drug-likeness (QED) is 0.856. The molecule has 1 heterocycles. The van der Waals surface area contributed by atoms with E-state index >= 15 is 0 Å². The Balaban J connectivity index is 1.93. The Morgan fingerprint density at radius 3 is 2.33 bits per heavy atom. The molecule has 0 atom stereocenters. The molecule has 0 bridgehead atoms. The molecule has 0 radical (unpaired) electrons. The SMILES string of the molecule is COc1cc2c(cc1OC)SC(c1ccc(C)cc1)=NC2. The van der Waals surface area contributed by atoms with E-state index in [0.717, 1.165) is 22.1 Å². The smallest absolute Gasteiger partial charge is 0.161 e. The molecule has 1 aliphatic heterocycles. The van der Waals surface area contributed by atoms with E-state index in [1.54, 1.807) is 26.0 Å². The van der Waals surface area contributed by atoms with Crippen LogP contribution in [0.3, 0.4) is 0 Å². The van der Waals surface area contributed by atoms with Gasteiger partial charge in [-0.05, 0) is 24.6 Å². The zero-order valence-corrected chi connectivity index (χ0v) is 13.2. The van der Waals surface area contributed by atoms with Gasteiger partial charge in [0.2, 0.25) is 0 Å². The standard InChI is InChI=1S/C17H17NO2S/c1-11-4-6-12(7-5-11)17-18-10-13-8-14(19-2)15(20-3)9-16(13)21-17/h4-9H,10H2,1-3H3. The lowest BCUT2D eigenvalue weighted by molar-refractivity contribution is 0.353. The van der Waals surface area contributed by atoms with Crippen LogP contribution in [0.15, 0.2) is 46.3 Å². The monoisotopic (exact) mass is 299 g/mol. The van der Waals surface area contributed by atoms with Crippen LogP contribution in [-0.2, 0) is 6.54 Å². The van der Waals surface area contributed by atoms with E-state index in [1.165, 1.54) is 16.0 Å². The molecule has 0 amide bonds. The minimum atomic E-state index is 0.673. The fourth-order valence-corrected chi connectivity index (χ4v) is 3.27. The van der Waals surface area contributed by atoms with Crippen LogP contribution < -0.4 is 9.47 Å². The highest BCUT2D eigenvalue weighted by Gasteiger charge is 2.18. The maximum atomic E-state index is 5.38. The first-order valence-corrected chi connectivity index (χ1v) is 7.57. The molecule has 0 aliphatic carbocycles. The molecule has 2 aromatic rings. The molecule has 21 heavy (non-hydrogen) atoms. The average Bonchev–Trinajstić information content (AvgIpc) is 2.53. The number of thioether (sulfide) groups is 1. The second kappa shape index (κ2) is 5.82. The van der Waals surface area contributed by atoms with Crippen LogP contribution in [-0.4, -0.2) is 19.3 Å². The Morgan fingerprint density at radius 2 is 1.67 bits per heavy atom. The fraction of sp³-hybridized carbons (Fsp3) is 0.235. The maximum Gasteiger partial charge on any atom is 0.161 e. The molecule has 0 N–H and O–H groups in total.